The predicted octanol–water partition coefficient (Wildman–Crippen LogP) is 1.25. The van der Waals surface area contributed by atoms with Crippen LogP contribution in [0.4, 0.5) is 0 Å². The van der Waals surface area contributed by atoms with Crippen molar-refractivity contribution in [2.75, 3.05) is 0 Å². The highest BCUT2D eigenvalue weighted by molar-refractivity contribution is 7.12. The van der Waals surface area contributed by atoms with Gasteiger partial charge in [0.05, 0.1) is 10.9 Å². The molecule has 21 heavy (non-hydrogen) atoms. The Labute approximate surface area is 126 Å². The highest BCUT2D eigenvalue weighted by Gasteiger charge is 2.31. The molecular formula is C13H17N5O2S. The Hall–Kier alpha value is -2.22. The molecule has 0 fully saturated rings. The van der Waals surface area contributed by atoms with E-state index in [0.29, 0.717) is 10.7 Å². The maximum absolute atomic E-state index is 12.3. The summed E-state index contributed by atoms with van der Waals surface area (Å²) in [5, 5.41) is 13.8. The summed E-state index contributed by atoms with van der Waals surface area (Å²) in [4.78, 5) is 28.9. The number of carbonyl (C=O) groups excluding carboxylic acids is 2. The highest BCUT2D eigenvalue weighted by Crippen LogP contribution is 2.13. The molecule has 112 valence electrons. The average Bonchev–Trinajstić information content (AvgIpc) is 3.11. The second-order valence-electron chi connectivity index (χ2n) is 5.12. The number of nitrogens with zero attached hydrogens (tertiary/aromatic N) is 2. The molecule has 1 atom stereocenters. The number of carbonyl (C=O) groups is 2. The Bertz CT molecular complexity index is 607. The monoisotopic (exact) mass is 307 g/mol. The third-order valence-electron chi connectivity index (χ3n) is 2.93. The van der Waals surface area contributed by atoms with Crippen molar-refractivity contribution in [3.05, 3.63) is 34.5 Å². The van der Waals surface area contributed by atoms with Crippen LogP contribution in [-0.2, 0) is 4.79 Å². The smallest absolute Gasteiger partial charge is 0.262 e. The van der Waals surface area contributed by atoms with Gasteiger partial charge in [-0.05, 0) is 32.2 Å². The van der Waals surface area contributed by atoms with Crippen molar-refractivity contribution >= 4 is 23.2 Å². The Morgan fingerprint density at radius 1 is 1.43 bits per heavy atom. The largest absolute Gasteiger partial charge is 0.344 e. The zero-order valence-corrected chi connectivity index (χ0v) is 12.8. The predicted molar refractivity (Wildman–Crippen MR) is 78.8 cm³/mol. The van der Waals surface area contributed by atoms with Crippen LogP contribution in [0.2, 0.25) is 0 Å². The SMILES string of the molecule is C[C@@H](NC(=O)C(C)(C)NC(=O)c1cccs1)c1ncn[nH]1. The lowest BCUT2D eigenvalue weighted by Gasteiger charge is -2.26. The quantitative estimate of drug-likeness (QED) is 0.774. The normalized spacial score (nSPS) is 12.7. The van der Waals surface area contributed by atoms with Crippen LogP contribution < -0.4 is 10.6 Å². The molecule has 0 aromatic carbocycles. The molecule has 0 saturated heterocycles. The van der Waals surface area contributed by atoms with Gasteiger partial charge < -0.3 is 10.6 Å². The molecule has 0 bridgehead atoms. The molecule has 2 amide bonds. The van der Waals surface area contributed by atoms with Crippen molar-refractivity contribution in [1.82, 2.24) is 25.8 Å². The summed E-state index contributed by atoms with van der Waals surface area (Å²) in [5.74, 6) is -0.00231. The van der Waals surface area contributed by atoms with Gasteiger partial charge in [0.1, 0.15) is 17.7 Å². The van der Waals surface area contributed by atoms with Gasteiger partial charge in [0.25, 0.3) is 5.91 Å². The summed E-state index contributed by atoms with van der Waals surface area (Å²) in [6.45, 7) is 5.09. The summed E-state index contributed by atoms with van der Waals surface area (Å²) < 4.78 is 0. The molecule has 8 heteroatoms. The van der Waals surface area contributed by atoms with E-state index in [2.05, 4.69) is 25.8 Å². The molecule has 0 unspecified atom stereocenters. The first kappa shape index (κ1) is 15.2. The van der Waals surface area contributed by atoms with Crippen molar-refractivity contribution in [2.24, 2.45) is 0 Å². The zero-order valence-electron chi connectivity index (χ0n) is 12.0. The van der Waals surface area contributed by atoms with Gasteiger partial charge in [-0.3, -0.25) is 14.7 Å². The lowest BCUT2D eigenvalue weighted by molar-refractivity contribution is -0.126. The van der Waals surface area contributed by atoms with Gasteiger partial charge >= 0.3 is 0 Å². The number of nitrogens with one attached hydrogen (secondary N) is 3. The van der Waals surface area contributed by atoms with Crippen LogP contribution in [-0.4, -0.2) is 32.5 Å². The molecule has 0 aliphatic rings. The van der Waals surface area contributed by atoms with E-state index in [1.54, 1.807) is 32.9 Å². The third-order valence-corrected chi connectivity index (χ3v) is 3.80. The average molecular weight is 307 g/mol. The summed E-state index contributed by atoms with van der Waals surface area (Å²) in [5.41, 5.74) is -1.03. The van der Waals surface area contributed by atoms with Gasteiger partial charge in [-0.1, -0.05) is 6.07 Å². The van der Waals surface area contributed by atoms with E-state index in [1.165, 1.54) is 17.7 Å². The summed E-state index contributed by atoms with van der Waals surface area (Å²) in [6.07, 6.45) is 1.38. The lowest BCUT2D eigenvalue weighted by Crippen LogP contribution is -2.55. The van der Waals surface area contributed by atoms with Gasteiger partial charge in [-0.15, -0.1) is 11.3 Å². The molecule has 2 aromatic rings. The molecule has 2 heterocycles. The Kier molecular flexibility index (Phi) is 4.37. The van der Waals surface area contributed by atoms with Crippen LogP contribution in [0.3, 0.4) is 0 Å². The molecule has 0 radical (unpaired) electrons. The molecule has 0 saturated carbocycles. The molecule has 3 N–H and O–H groups in total. The summed E-state index contributed by atoms with van der Waals surface area (Å²) >= 11 is 1.33. The standard InChI is InChI=1S/C13H17N5O2S/c1-8(10-14-7-15-18-10)16-12(20)13(2,3)17-11(19)9-5-4-6-21-9/h4-8H,1-3H3,(H,16,20)(H,17,19)(H,14,15,18)/t8-/m1/s1. The van der Waals surface area contributed by atoms with E-state index in [4.69, 9.17) is 0 Å². The number of aromatic nitrogens is 3. The van der Waals surface area contributed by atoms with Crippen molar-refractivity contribution < 1.29 is 9.59 Å². The maximum atomic E-state index is 12.3. The molecular weight excluding hydrogens is 290 g/mol. The lowest BCUT2D eigenvalue weighted by atomic mass is 10.0. The van der Waals surface area contributed by atoms with Gasteiger partial charge in [-0.2, -0.15) is 5.10 Å². The van der Waals surface area contributed by atoms with Gasteiger partial charge in [0, 0.05) is 0 Å². The first-order chi connectivity index (χ1) is 9.90. The topological polar surface area (TPSA) is 99.8 Å². The van der Waals surface area contributed by atoms with Gasteiger partial charge in [0.15, 0.2) is 0 Å². The van der Waals surface area contributed by atoms with Crippen LogP contribution in [0.5, 0.6) is 0 Å². The fraction of sp³-hybridized carbons (Fsp3) is 0.385. The number of rotatable bonds is 5. The third kappa shape index (κ3) is 3.66. The number of thiophene rings is 1. The Morgan fingerprint density at radius 2 is 2.19 bits per heavy atom. The van der Waals surface area contributed by atoms with E-state index >= 15 is 0 Å². The molecule has 0 aliphatic heterocycles. The van der Waals surface area contributed by atoms with E-state index in [9.17, 15) is 9.59 Å². The first-order valence-corrected chi connectivity index (χ1v) is 7.30. The molecule has 2 aromatic heterocycles. The van der Waals surface area contributed by atoms with Crippen molar-refractivity contribution in [3.8, 4) is 0 Å². The minimum Gasteiger partial charge on any atom is -0.344 e. The Morgan fingerprint density at radius 3 is 2.76 bits per heavy atom. The minimum absolute atomic E-state index is 0.266. The maximum Gasteiger partial charge on any atom is 0.262 e. The molecule has 2 rings (SSSR count). The summed E-state index contributed by atoms with van der Waals surface area (Å²) in [7, 11) is 0. The second-order valence-corrected chi connectivity index (χ2v) is 6.07. The number of H-pyrrole nitrogens is 1. The van der Waals surface area contributed by atoms with Crippen LogP contribution >= 0.6 is 11.3 Å². The number of hydrogen-bond acceptors (Lipinski definition) is 5. The van der Waals surface area contributed by atoms with E-state index in [0.717, 1.165) is 0 Å². The van der Waals surface area contributed by atoms with Crippen molar-refractivity contribution in [1.29, 1.82) is 0 Å². The molecule has 0 spiro atoms. The molecule has 7 nitrogen and oxygen atoms in total. The minimum atomic E-state index is -1.03. The van der Waals surface area contributed by atoms with E-state index in [-0.39, 0.29) is 17.9 Å². The number of amides is 2. The van der Waals surface area contributed by atoms with Crippen LogP contribution in [0.25, 0.3) is 0 Å². The van der Waals surface area contributed by atoms with Gasteiger partial charge in [0.2, 0.25) is 5.91 Å². The van der Waals surface area contributed by atoms with E-state index < -0.39 is 5.54 Å². The first-order valence-electron chi connectivity index (χ1n) is 6.42. The van der Waals surface area contributed by atoms with Crippen LogP contribution in [0.1, 0.15) is 42.3 Å². The highest BCUT2D eigenvalue weighted by atomic mass is 32.1. The van der Waals surface area contributed by atoms with Crippen LogP contribution in [0.15, 0.2) is 23.8 Å². The Balaban J connectivity index is 1.98. The molecule has 0 aliphatic carbocycles. The number of aromatic amines is 1. The summed E-state index contributed by atoms with van der Waals surface area (Å²) in [6, 6.07) is 3.18. The van der Waals surface area contributed by atoms with Gasteiger partial charge in [-0.25, -0.2) is 4.98 Å². The number of hydrogen-bond donors (Lipinski definition) is 3. The fourth-order valence-electron chi connectivity index (χ4n) is 1.68. The fourth-order valence-corrected chi connectivity index (χ4v) is 2.30. The van der Waals surface area contributed by atoms with Crippen LogP contribution in [0, 0.1) is 0 Å². The zero-order chi connectivity index (χ0) is 15.5. The van der Waals surface area contributed by atoms with Crippen molar-refractivity contribution in [3.63, 3.8) is 0 Å². The van der Waals surface area contributed by atoms with Crippen molar-refractivity contribution in [2.45, 2.75) is 32.4 Å². The van der Waals surface area contributed by atoms with E-state index in [1.807, 2.05) is 5.38 Å². The second kappa shape index (κ2) is 6.04.